The SMILES string of the molecule is O=C1CCN(c2ccccc2)NC1=O. The molecule has 0 aromatic heterocycles. The minimum atomic E-state index is -0.528. The number of hydrazine groups is 1. The molecule has 1 aromatic carbocycles. The summed E-state index contributed by atoms with van der Waals surface area (Å²) in [5, 5.41) is 1.68. The molecule has 1 amide bonds. The third kappa shape index (κ3) is 1.59. The Morgan fingerprint density at radius 1 is 1.14 bits per heavy atom. The van der Waals surface area contributed by atoms with Gasteiger partial charge in [-0.1, -0.05) is 18.2 Å². The van der Waals surface area contributed by atoms with Crippen molar-refractivity contribution in [1.29, 1.82) is 0 Å². The van der Waals surface area contributed by atoms with Gasteiger partial charge in [-0.05, 0) is 12.1 Å². The number of Topliss-reactive ketones (excluding diaryl/α,β-unsaturated/α-hetero) is 1. The van der Waals surface area contributed by atoms with Crippen LogP contribution in [0.25, 0.3) is 0 Å². The van der Waals surface area contributed by atoms with E-state index in [2.05, 4.69) is 5.43 Å². The molecule has 0 aliphatic carbocycles. The number of para-hydroxylation sites is 1. The minimum Gasteiger partial charge on any atom is -0.289 e. The van der Waals surface area contributed by atoms with Crippen LogP contribution in [0.4, 0.5) is 5.69 Å². The van der Waals surface area contributed by atoms with Crippen molar-refractivity contribution in [2.45, 2.75) is 6.42 Å². The van der Waals surface area contributed by atoms with Crippen LogP contribution in [0.1, 0.15) is 6.42 Å². The predicted molar refractivity (Wildman–Crippen MR) is 51.6 cm³/mol. The number of nitrogens with zero attached hydrogens (tertiary/aromatic N) is 1. The molecular weight excluding hydrogens is 180 g/mol. The summed E-state index contributed by atoms with van der Waals surface area (Å²) < 4.78 is 0. The van der Waals surface area contributed by atoms with E-state index in [0.717, 1.165) is 5.69 Å². The van der Waals surface area contributed by atoms with Gasteiger partial charge in [0.05, 0.1) is 5.69 Å². The summed E-state index contributed by atoms with van der Waals surface area (Å²) in [6.45, 7) is 0.536. The number of hydrogen-bond donors (Lipinski definition) is 1. The standard InChI is InChI=1S/C10H10N2O2/c13-9-6-7-12(11-10(9)14)8-4-2-1-3-5-8/h1-5H,6-7H2,(H,11,14). The van der Waals surface area contributed by atoms with Crippen LogP contribution in [0.15, 0.2) is 30.3 Å². The third-order valence-corrected chi connectivity index (χ3v) is 2.12. The molecule has 1 saturated heterocycles. The van der Waals surface area contributed by atoms with E-state index in [1.807, 2.05) is 30.3 Å². The van der Waals surface area contributed by atoms with Gasteiger partial charge < -0.3 is 0 Å². The quantitative estimate of drug-likeness (QED) is 0.656. The van der Waals surface area contributed by atoms with Crippen molar-refractivity contribution in [2.24, 2.45) is 0 Å². The second kappa shape index (κ2) is 3.49. The fourth-order valence-corrected chi connectivity index (χ4v) is 1.37. The summed E-state index contributed by atoms with van der Waals surface area (Å²) in [4.78, 5) is 22.0. The zero-order chi connectivity index (χ0) is 9.97. The van der Waals surface area contributed by atoms with E-state index < -0.39 is 5.91 Å². The Morgan fingerprint density at radius 2 is 1.86 bits per heavy atom. The van der Waals surface area contributed by atoms with Crippen molar-refractivity contribution in [1.82, 2.24) is 5.43 Å². The average molecular weight is 190 g/mol. The van der Waals surface area contributed by atoms with Crippen molar-refractivity contribution in [3.63, 3.8) is 0 Å². The summed E-state index contributed by atoms with van der Waals surface area (Å²) in [7, 11) is 0. The van der Waals surface area contributed by atoms with Gasteiger partial charge in [0.1, 0.15) is 0 Å². The second-order valence-corrected chi connectivity index (χ2v) is 3.10. The van der Waals surface area contributed by atoms with Crippen LogP contribution >= 0.6 is 0 Å². The zero-order valence-electron chi connectivity index (χ0n) is 7.56. The fourth-order valence-electron chi connectivity index (χ4n) is 1.37. The molecule has 14 heavy (non-hydrogen) atoms. The Hall–Kier alpha value is -1.84. The number of ketones is 1. The molecule has 2 rings (SSSR count). The highest BCUT2D eigenvalue weighted by Crippen LogP contribution is 2.13. The van der Waals surface area contributed by atoms with E-state index >= 15 is 0 Å². The minimum absolute atomic E-state index is 0.278. The Labute approximate surface area is 81.5 Å². The third-order valence-electron chi connectivity index (χ3n) is 2.12. The first-order chi connectivity index (χ1) is 6.77. The van der Waals surface area contributed by atoms with Gasteiger partial charge in [-0.2, -0.15) is 0 Å². The van der Waals surface area contributed by atoms with E-state index in [1.165, 1.54) is 0 Å². The Balaban J connectivity index is 2.14. The lowest BCUT2D eigenvalue weighted by atomic mass is 10.2. The Bertz CT molecular complexity index is 362. The number of carbonyl (C=O) groups is 2. The van der Waals surface area contributed by atoms with E-state index in [4.69, 9.17) is 0 Å². The van der Waals surface area contributed by atoms with Gasteiger partial charge in [0.2, 0.25) is 5.78 Å². The molecule has 0 bridgehead atoms. The predicted octanol–water partition coefficient (Wildman–Crippen LogP) is 0.497. The van der Waals surface area contributed by atoms with Crippen molar-refractivity contribution in [2.75, 3.05) is 11.6 Å². The van der Waals surface area contributed by atoms with Crippen LogP contribution in [0.3, 0.4) is 0 Å². The highest BCUT2D eigenvalue weighted by Gasteiger charge is 2.23. The van der Waals surface area contributed by atoms with E-state index in [9.17, 15) is 9.59 Å². The largest absolute Gasteiger partial charge is 0.305 e. The molecule has 0 spiro atoms. The van der Waals surface area contributed by atoms with E-state index in [1.54, 1.807) is 5.01 Å². The van der Waals surface area contributed by atoms with Gasteiger partial charge in [0, 0.05) is 13.0 Å². The number of nitrogens with one attached hydrogen (secondary N) is 1. The number of anilines is 1. The van der Waals surface area contributed by atoms with Gasteiger partial charge in [0.15, 0.2) is 0 Å². The van der Waals surface area contributed by atoms with Crippen molar-refractivity contribution >= 4 is 17.4 Å². The Morgan fingerprint density at radius 3 is 2.50 bits per heavy atom. The Kier molecular flexibility index (Phi) is 2.18. The van der Waals surface area contributed by atoms with Crippen LogP contribution in [-0.2, 0) is 9.59 Å². The molecule has 4 heteroatoms. The molecule has 1 aromatic rings. The fraction of sp³-hybridized carbons (Fsp3) is 0.200. The molecule has 1 N–H and O–H groups in total. The monoisotopic (exact) mass is 190 g/mol. The lowest BCUT2D eigenvalue weighted by Crippen LogP contribution is -2.51. The first-order valence-corrected chi connectivity index (χ1v) is 4.44. The smallest absolute Gasteiger partial charge is 0.289 e. The summed E-state index contributed by atoms with van der Waals surface area (Å²) >= 11 is 0. The molecule has 0 atom stereocenters. The second-order valence-electron chi connectivity index (χ2n) is 3.10. The highest BCUT2D eigenvalue weighted by atomic mass is 16.2. The topological polar surface area (TPSA) is 49.4 Å². The number of hydrogen-bond acceptors (Lipinski definition) is 3. The van der Waals surface area contributed by atoms with Crippen LogP contribution in [0.5, 0.6) is 0 Å². The molecule has 1 aliphatic heterocycles. The number of benzene rings is 1. The van der Waals surface area contributed by atoms with Crippen molar-refractivity contribution < 1.29 is 9.59 Å². The van der Waals surface area contributed by atoms with Crippen LogP contribution in [0.2, 0.25) is 0 Å². The highest BCUT2D eigenvalue weighted by molar-refractivity contribution is 6.37. The maximum absolute atomic E-state index is 11.1. The summed E-state index contributed by atoms with van der Waals surface area (Å²) in [5.41, 5.74) is 3.42. The van der Waals surface area contributed by atoms with Gasteiger partial charge in [-0.3, -0.25) is 20.0 Å². The van der Waals surface area contributed by atoms with Gasteiger partial charge >= 0.3 is 5.91 Å². The van der Waals surface area contributed by atoms with Crippen LogP contribution in [0, 0.1) is 0 Å². The molecular formula is C10H10N2O2. The lowest BCUT2D eigenvalue weighted by Gasteiger charge is -2.28. The van der Waals surface area contributed by atoms with Crippen molar-refractivity contribution in [3.8, 4) is 0 Å². The van der Waals surface area contributed by atoms with E-state index in [0.29, 0.717) is 6.54 Å². The van der Waals surface area contributed by atoms with Gasteiger partial charge in [-0.25, -0.2) is 0 Å². The molecule has 0 saturated carbocycles. The number of amides is 1. The summed E-state index contributed by atoms with van der Waals surface area (Å²) in [6.07, 6.45) is 0.278. The van der Waals surface area contributed by atoms with Gasteiger partial charge in [-0.15, -0.1) is 0 Å². The first kappa shape index (κ1) is 8.74. The first-order valence-electron chi connectivity index (χ1n) is 4.44. The molecule has 0 unspecified atom stereocenters. The zero-order valence-corrected chi connectivity index (χ0v) is 7.56. The maximum Gasteiger partial charge on any atom is 0.305 e. The average Bonchev–Trinajstić information content (AvgIpc) is 2.23. The number of carbonyl (C=O) groups excluding carboxylic acids is 2. The normalized spacial score (nSPS) is 16.7. The molecule has 1 fully saturated rings. The molecule has 72 valence electrons. The summed E-state index contributed by atoms with van der Waals surface area (Å²) in [6, 6.07) is 9.45. The lowest BCUT2D eigenvalue weighted by molar-refractivity contribution is -0.139. The van der Waals surface area contributed by atoms with Crippen molar-refractivity contribution in [3.05, 3.63) is 30.3 Å². The van der Waals surface area contributed by atoms with Gasteiger partial charge in [0.25, 0.3) is 0 Å². The molecule has 0 radical (unpaired) electrons. The van der Waals surface area contributed by atoms with E-state index in [-0.39, 0.29) is 12.2 Å². The molecule has 1 heterocycles. The maximum atomic E-state index is 11.1. The number of rotatable bonds is 1. The van der Waals surface area contributed by atoms with Crippen LogP contribution in [-0.4, -0.2) is 18.2 Å². The summed E-state index contributed by atoms with van der Waals surface area (Å²) in [5.74, 6) is -0.878. The van der Waals surface area contributed by atoms with Crippen LogP contribution < -0.4 is 10.4 Å². The molecule has 1 aliphatic rings. The molecule has 4 nitrogen and oxygen atoms in total.